The lowest BCUT2D eigenvalue weighted by Crippen LogP contribution is -2.12. The highest BCUT2D eigenvalue weighted by molar-refractivity contribution is 7.16. The van der Waals surface area contributed by atoms with Gasteiger partial charge in [-0.15, -0.1) is 11.3 Å². The zero-order valence-electron chi connectivity index (χ0n) is 10.3. The first kappa shape index (κ1) is 12.1. The molecule has 4 heteroatoms. The number of nitrogens with zero attached hydrogens (tertiary/aromatic N) is 1. The van der Waals surface area contributed by atoms with Gasteiger partial charge < -0.3 is 5.32 Å². The number of carbonyl (C=O) groups excluding carboxylic acids is 1. The van der Waals surface area contributed by atoms with Crippen LogP contribution in [0.2, 0.25) is 0 Å². The van der Waals surface area contributed by atoms with Gasteiger partial charge in [0.25, 0.3) is 0 Å². The maximum atomic E-state index is 11.7. The van der Waals surface area contributed by atoms with Crippen molar-refractivity contribution in [2.75, 3.05) is 5.32 Å². The quantitative estimate of drug-likeness (QED) is 0.873. The molecule has 1 saturated carbocycles. The highest BCUT2D eigenvalue weighted by Gasteiger charge is 2.30. The number of nitrogens with one attached hydrogen (secondary N) is 1. The molecule has 17 heavy (non-hydrogen) atoms. The fourth-order valence-corrected chi connectivity index (χ4v) is 2.57. The predicted octanol–water partition coefficient (Wildman–Crippen LogP) is 3.27. The van der Waals surface area contributed by atoms with Crippen LogP contribution in [-0.4, -0.2) is 5.91 Å². The molecule has 0 spiro atoms. The largest absolute Gasteiger partial charge is 0.316 e. The SMILES string of the molecule is CC(C)(C)c1cc(C#N)c(NC(=O)C2CC2)s1. The Kier molecular flexibility index (Phi) is 2.96. The van der Waals surface area contributed by atoms with E-state index in [1.165, 1.54) is 11.3 Å². The second-order valence-corrected chi connectivity index (χ2v) is 6.53. The first-order chi connectivity index (χ1) is 7.91. The van der Waals surface area contributed by atoms with Crippen molar-refractivity contribution in [3.05, 3.63) is 16.5 Å². The number of thiophene rings is 1. The minimum Gasteiger partial charge on any atom is -0.316 e. The summed E-state index contributed by atoms with van der Waals surface area (Å²) in [5.41, 5.74) is 0.590. The number of nitriles is 1. The van der Waals surface area contributed by atoms with Crippen molar-refractivity contribution in [2.24, 2.45) is 5.92 Å². The molecule has 3 nitrogen and oxygen atoms in total. The molecule has 0 aliphatic heterocycles. The second-order valence-electron chi connectivity index (χ2n) is 5.48. The van der Waals surface area contributed by atoms with E-state index in [1.54, 1.807) is 0 Å². The second kappa shape index (κ2) is 4.15. The maximum Gasteiger partial charge on any atom is 0.228 e. The van der Waals surface area contributed by atoms with E-state index in [0.717, 1.165) is 17.7 Å². The van der Waals surface area contributed by atoms with Crippen LogP contribution in [0.15, 0.2) is 6.07 Å². The minimum atomic E-state index is 0.0127. The normalized spacial score (nSPS) is 15.4. The van der Waals surface area contributed by atoms with Gasteiger partial charge in [0.05, 0.1) is 5.56 Å². The van der Waals surface area contributed by atoms with Crippen LogP contribution in [0, 0.1) is 17.2 Å². The van der Waals surface area contributed by atoms with Gasteiger partial charge in [-0.1, -0.05) is 20.8 Å². The Hall–Kier alpha value is -1.34. The van der Waals surface area contributed by atoms with Crippen LogP contribution >= 0.6 is 11.3 Å². The van der Waals surface area contributed by atoms with E-state index in [-0.39, 0.29) is 17.2 Å². The zero-order valence-corrected chi connectivity index (χ0v) is 11.1. The van der Waals surface area contributed by atoms with Gasteiger partial charge in [-0.05, 0) is 24.3 Å². The van der Waals surface area contributed by atoms with E-state index >= 15 is 0 Å². The standard InChI is InChI=1S/C13H16N2OS/c1-13(2,3)10-6-9(7-14)12(17-10)15-11(16)8-4-5-8/h6,8H,4-5H2,1-3H3,(H,15,16). The summed E-state index contributed by atoms with van der Waals surface area (Å²) in [7, 11) is 0. The Balaban J connectivity index is 2.24. The van der Waals surface area contributed by atoms with E-state index in [0.29, 0.717) is 10.6 Å². The zero-order chi connectivity index (χ0) is 12.6. The van der Waals surface area contributed by atoms with E-state index in [9.17, 15) is 4.79 Å². The van der Waals surface area contributed by atoms with E-state index < -0.39 is 0 Å². The van der Waals surface area contributed by atoms with Gasteiger partial charge >= 0.3 is 0 Å². The summed E-state index contributed by atoms with van der Waals surface area (Å²) in [5.74, 6) is 0.227. The number of amides is 1. The van der Waals surface area contributed by atoms with Crippen molar-refractivity contribution in [1.82, 2.24) is 0 Å². The van der Waals surface area contributed by atoms with Crippen molar-refractivity contribution in [3.8, 4) is 6.07 Å². The van der Waals surface area contributed by atoms with Crippen molar-refractivity contribution in [3.63, 3.8) is 0 Å². The summed E-state index contributed by atoms with van der Waals surface area (Å²) in [6, 6.07) is 4.03. The number of rotatable bonds is 2. The fourth-order valence-electron chi connectivity index (χ4n) is 1.50. The molecule has 0 bridgehead atoms. The lowest BCUT2D eigenvalue weighted by atomic mass is 9.94. The van der Waals surface area contributed by atoms with Crippen molar-refractivity contribution < 1.29 is 4.79 Å². The first-order valence-corrected chi connectivity index (χ1v) is 6.58. The minimum absolute atomic E-state index is 0.0127. The number of hydrogen-bond donors (Lipinski definition) is 1. The molecule has 0 aromatic carbocycles. The average molecular weight is 248 g/mol. The van der Waals surface area contributed by atoms with Gasteiger partial charge in [0.1, 0.15) is 11.1 Å². The molecule has 0 saturated heterocycles. The Morgan fingerprint density at radius 3 is 2.65 bits per heavy atom. The fraction of sp³-hybridized carbons (Fsp3) is 0.538. The molecule has 1 aromatic rings. The summed E-state index contributed by atoms with van der Waals surface area (Å²) in [6.07, 6.45) is 1.95. The van der Waals surface area contributed by atoms with Crippen molar-refractivity contribution in [2.45, 2.75) is 39.0 Å². The predicted molar refractivity (Wildman–Crippen MR) is 69.1 cm³/mol. The van der Waals surface area contributed by atoms with Crippen LogP contribution in [-0.2, 0) is 10.2 Å². The van der Waals surface area contributed by atoms with Gasteiger partial charge in [0.2, 0.25) is 5.91 Å². The molecule has 1 aromatic heterocycles. The van der Waals surface area contributed by atoms with E-state index in [1.807, 2.05) is 6.07 Å². The van der Waals surface area contributed by atoms with Gasteiger partial charge in [0.15, 0.2) is 0 Å². The third kappa shape index (κ3) is 2.67. The Morgan fingerprint density at radius 1 is 1.53 bits per heavy atom. The Morgan fingerprint density at radius 2 is 2.18 bits per heavy atom. The third-order valence-corrected chi connectivity index (χ3v) is 4.25. The molecule has 1 amide bonds. The first-order valence-electron chi connectivity index (χ1n) is 5.77. The molecular formula is C13H16N2OS. The molecule has 0 radical (unpaired) electrons. The monoisotopic (exact) mass is 248 g/mol. The third-order valence-electron chi connectivity index (χ3n) is 2.78. The lowest BCUT2D eigenvalue weighted by molar-refractivity contribution is -0.117. The molecule has 1 N–H and O–H groups in total. The molecule has 90 valence electrons. The van der Waals surface area contributed by atoms with Crippen LogP contribution in [0.3, 0.4) is 0 Å². The maximum absolute atomic E-state index is 11.7. The number of anilines is 1. The van der Waals surface area contributed by atoms with Crippen LogP contribution in [0.25, 0.3) is 0 Å². The van der Waals surface area contributed by atoms with Gasteiger partial charge in [-0.3, -0.25) is 4.79 Å². The topological polar surface area (TPSA) is 52.9 Å². The molecule has 1 heterocycles. The summed E-state index contributed by atoms with van der Waals surface area (Å²) >= 11 is 1.51. The molecule has 2 rings (SSSR count). The summed E-state index contributed by atoms with van der Waals surface area (Å²) in [4.78, 5) is 12.8. The number of carbonyl (C=O) groups is 1. The summed E-state index contributed by atoms with van der Waals surface area (Å²) in [5, 5.41) is 12.6. The summed E-state index contributed by atoms with van der Waals surface area (Å²) in [6.45, 7) is 6.31. The van der Waals surface area contributed by atoms with E-state index in [2.05, 4.69) is 32.2 Å². The van der Waals surface area contributed by atoms with Crippen molar-refractivity contribution in [1.29, 1.82) is 5.26 Å². The molecule has 0 unspecified atom stereocenters. The molecular weight excluding hydrogens is 232 g/mol. The molecule has 0 atom stereocenters. The van der Waals surface area contributed by atoms with Crippen LogP contribution in [0.1, 0.15) is 44.1 Å². The lowest BCUT2D eigenvalue weighted by Gasteiger charge is -2.15. The van der Waals surface area contributed by atoms with Crippen molar-refractivity contribution >= 4 is 22.2 Å². The van der Waals surface area contributed by atoms with Gasteiger partial charge in [-0.2, -0.15) is 5.26 Å². The highest BCUT2D eigenvalue weighted by atomic mass is 32.1. The average Bonchev–Trinajstić information content (AvgIpc) is 2.99. The Labute approximate surface area is 105 Å². The van der Waals surface area contributed by atoms with Crippen LogP contribution in [0.5, 0.6) is 0 Å². The van der Waals surface area contributed by atoms with Crippen LogP contribution < -0.4 is 5.32 Å². The molecule has 1 fully saturated rings. The van der Waals surface area contributed by atoms with Crippen LogP contribution in [0.4, 0.5) is 5.00 Å². The molecule has 1 aliphatic rings. The highest BCUT2D eigenvalue weighted by Crippen LogP contribution is 2.37. The van der Waals surface area contributed by atoms with Gasteiger partial charge in [-0.25, -0.2) is 0 Å². The smallest absolute Gasteiger partial charge is 0.228 e. The molecule has 1 aliphatic carbocycles. The number of hydrogen-bond acceptors (Lipinski definition) is 3. The Bertz CT molecular complexity index is 486. The van der Waals surface area contributed by atoms with E-state index in [4.69, 9.17) is 5.26 Å². The van der Waals surface area contributed by atoms with Gasteiger partial charge in [0, 0.05) is 10.8 Å². The summed E-state index contributed by atoms with van der Waals surface area (Å²) < 4.78 is 0.